The molecule has 3 fully saturated rings. The maximum absolute atomic E-state index is 14.1. The van der Waals surface area contributed by atoms with Gasteiger partial charge in [-0.3, -0.25) is 43.9 Å². The molecule has 75 heavy (non-hydrogen) atoms. The van der Waals surface area contributed by atoms with E-state index in [2.05, 4.69) is 80.5 Å². The van der Waals surface area contributed by atoms with Crippen LogP contribution < -0.4 is 36.2 Å². The first kappa shape index (κ1) is 49.6. The number of aromatic nitrogens is 4. The smallest absolute Gasteiger partial charge is 0.293 e. The van der Waals surface area contributed by atoms with Crippen LogP contribution in [-0.2, 0) is 54.0 Å². The number of piperidine rings is 2. The van der Waals surface area contributed by atoms with Gasteiger partial charge in [0.15, 0.2) is 5.82 Å². The summed E-state index contributed by atoms with van der Waals surface area (Å²) in [6.45, 7) is 16.6. The van der Waals surface area contributed by atoms with Gasteiger partial charge in [-0.05, 0) is 105 Å². The predicted octanol–water partition coefficient (Wildman–Crippen LogP) is 5.12. The van der Waals surface area contributed by atoms with Crippen molar-refractivity contribution in [2.24, 2.45) is 12.5 Å². The Morgan fingerprint density at radius 3 is 2.48 bits per heavy atom. The zero-order valence-electron chi connectivity index (χ0n) is 43.2. The van der Waals surface area contributed by atoms with Crippen molar-refractivity contribution in [1.29, 1.82) is 0 Å². The van der Waals surface area contributed by atoms with Gasteiger partial charge in [0.05, 0.1) is 23.7 Å². The summed E-state index contributed by atoms with van der Waals surface area (Å²) in [5, 5.41) is 19.5. The van der Waals surface area contributed by atoms with Gasteiger partial charge in [-0.1, -0.05) is 26.5 Å². The van der Waals surface area contributed by atoms with Gasteiger partial charge in [0.25, 0.3) is 17.4 Å². The topological polar surface area (TPSA) is 211 Å². The van der Waals surface area contributed by atoms with Gasteiger partial charge < -0.3 is 39.6 Å². The van der Waals surface area contributed by atoms with Crippen molar-refractivity contribution < 1.29 is 29.1 Å². The monoisotopic (exact) mass is 1020 g/mol. The lowest BCUT2D eigenvalue weighted by molar-refractivity contribution is -0.137. The second-order valence-corrected chi connectivity index (χ2v) is 21.8. The fraction of sp³-hybridized carbons (Fsp3) is 0.429. The predicted molar refractivity (Wildman–Crippen MR) is 285 cm³/mol. The lowest BCUT2D eigenvalue weighted by atomic mass is 9.90. The van der Waals surface area contributed by atoms with Crippen LogP contribution in [0.2, 0.25) is 0 Å². The van der Waals surface area contributed by atoms with Crippen molar-refractivity contribution in [3.05, 3.63) is 118 Å². The number of aliphatic hydroxyl groups excluding tert-OH is 1. The number of carbonyl (C=O) groups excluding carboxylic acids is 5. The van der Waals surface area contributed by atoms with E-state index in [1.54, 1.807) is 41.4 Å². The van der Waals surface area contributed by atoms with E-state index in [9.17, 15) is 33.9 Å². The highest BCUT2D eigenvalue weighted by atomic mass is 16.3. The maximum Gasteiger partial charge on any atom is 0.293 e. The van der Waals surface area contributed by atoms with E-state index in [0.717, 1.165) is 62.3 Å². The highest BCUT2D eigenvalue weighted by Crippen LogP contribution is 2.42. The zero-order valence-corrected chi connectivity index (χ0v) is 43.2. The summed E-state index contributed by atoms with van der Waals surface area (Å²) in [4.78, 5) is 98.9. The van der Waals surface area contributed by atoms with E-state index in [-0.39, 0.29) is 53.4 Å². The summed E-state index contributed by atoms with van der Waals surface area (Å²) in [6.07, 6.45) is 8.63. The number of benzene rings is 2. The molecule has 0 radical (unpaired) electrons. The van der Waals surface area contributed by atoms with Crippen molar-refractivity contribution >= 4 is 63.9 Å². The molecule has 5 aromatic rings. The highest BCUT2D eigenvalue weighted by molar-refractivity contribution is 6.07. The Labute approximate surface area is 435 Å². The van der Waals surface area contributed by atoms with E-state index < -0.39 is 24.1 Å². The summed E-state index contributed by atoms with van der Waals surface area (Å²) < 4.78 is 3.56. The maximum atomic E-state index is 14.1. The summed E-state index contributed by atoms with van der Waals surface area (Å²) >= 11 is 0. The lowest BCUT2D eigenvalue weighted by Crippen LogP contribution is -2.58. The average Bonchev–Trinajstić information content (AvgIpc) is 4.01. The number of hydrogen-bond acceptors (Lipinski definition) is 13. The van der Waals surface area contributed by atoms with E-state index in [1.165, 1.54) is 21.9 Å². The number of anilines is 6. The van der Waals surface area contributed by atoms with E-state index in [4.69, 9.17) is 4.98 Å². The Hall–Kier alpha value is -7.64. The Morgan fingerprint density at radius 1 is 0.907 bits per heavy atom. The van der Waals surface area contributed by atoms with Crippen LogP contribution in [0.15, 0.2) is 78.4 Å². The highest BCUT2D eigenvalue weighted by Gasteiger charge is 2.43. The molecule has 19 nitrogen and oxygen atoms in total. The van der Waals surface area contributed by atoms with Crippen molar-refractivity contribution in [1.82, 2.24) is 34.2 Å². The molecule has 8 heterocycles. The van der Waals surface area contributed by atoms with Crippen LogP contribution in [-0.4, -0.2) is 120 Å². The standard InChI is InChI=1S/C56H64N12O7/c1-7-48(70)59-41-25-35(58-50-55(75)62(6)30-42(60-50)37-15-17-57-51(40(37)31-69)67-22-21-66-46(54(67)74)24-34-26-56(4,5)27-47(34)66)11-12-44(41)65-20-19-63(28-33(65)3)36-16-18-64(32(2)23-36)43-10-8-9-38-39(43)29-68(53(38)73)45-13-14-49(71)61-52(45)72/h7-12,15,17,24-25,30,32-33,36,45,69H,1,13-14,16,18-23,26-29,31H2,2-6H3,(H,58,60)(H,59,70)(H,61,71,72)/t32-,33+,36?,45?/m1/s1. The number of amides is 5. The quantitative estimate of drug-likeness (QED) is 0.100. The Kier molecular flexibility index (Phi) is 12.7. The van der Waals surface area contributed by atoms with Gasteiger partial charge in [-0.15, -0.1) is 0 Å². The van der Waals surface area contributed by atoms with Crippen LogP contribution >= 0.6 is 0 Å². The molecule has 5 amide bonds. The van der Waals surface area contributed by atoms with Crippen LogP contribution in [0.25, 0.3) is 11.3 Å². The molecule has 390 valence electrons. The molecule has 0 spiro atoms. The second-order valence-electron chi connectivity index (χ2n) is 21.8. The van der Waals surface area contributed by atoms with Crippen LogP contribution in [0.1, 0.15) is 96.6 Å². The van der Waals surface area contributed by atoms with Gasteiger partial charge >= 0.3 is 0 Å². The van der Waals surface area contributed by atoms with Crippen LogP contribution in [0.5, 0.6) is 0 Å². The molecule has 1 aliphatic carbocycles. The largest absolute Gasteiger partial charge is 0.392 e. The molecule has 3 aromatic heterocycles. The minimum absolute atomic E-state index is 0.0249. The molecule has 2 unspecified atom stereocenters. The molecule has 11 rings (SSSR count). The van der Waals surface area contributed by atoms with Gasteiger partial charge in [0, 0.05) is 129 Å². The van der Waals surface area contributed by atoms with Crippen LogP contribution in [0.4, 0.5) is 34.4 Å². The number of piperazine rings is 1. The number of pyridine rings is 1. The zero-order chi connectivity index (χ0) is 52.6. The van der Waals surface area contributed by atoms with Crippen molar-refractivity contribution in [3.8, 4) is 11.3 Å². The number of nitrogens with one attached hydrogen (secondary N) is 3. The van der Waals surface area contributed by atoms with Crippen molar-refractivity contribution in [2.75, 3.05) is 58.1 Å². The second kappa shape index (κ2) is 19.2. The molecular weight excluding hydrogens is 953 g/mol. The SMILES string of the molecule is C=CC(=O)Nc1cc(Nc2nc(-c3ccnc(N4CCn5c(cc6c5CC(C)(C)C6)C4=O)c3CO)cn(C)c2=O)ccc1N1CCN(C2CCN(c3cccc4c3CN(C3CCC(=O)NC3=O)C4=O)[C@H](C)C2)C[C@@H]1C. The molecule has 4 N–H and O–H groups in total. The number of carbonyl (C=O) groups is 5. The number of hydrogen-bond donors (Lipinski definition) is 4. The van der Waals surface area contributed by atoms with Crippen LogP contribution in [0.3, 0.4) is 0 Å². The minimum atomic E-state index is -0.667. The molecule has 3 saturated heterocycles. The number of fused-ring (bicyclic) bond motifs is 4. The number of imide groups is 1. The Balaban J connectivity index is 0.782. The third-order valence-electron chi connectivity index (χ3n) is 16.3. The number of nitrogens with zero attached hydrogens (tertiary/aromatic N) is 9. The fourth-order valence-electron chi connectivity index (χ4n) is 12.7. The molecule has 4 atom stereocenters. The van der Waals surface area contributed by atoms with Crippen LogP contribution in [0, 0.1) is 5.41 Å². The first-order chi connectivity index (χ1) is 36.0. The van der Waals surface area contributed by atoms with Gasteiger partial charge in [-0.2, -0.15) is 0 Å². The number of rotatable bonds is 11. The third kappa shape index (κ3) is 8.94. The minimum Gasteiger partial charge on any atom is -0.392 e. The molecule has 0 bridgehead atoms. The van der Waals surface area contributed by atoms with Gasteiger partial charge in [0.1, 0.15) is 17.6 Å². The van der Waals surface area contributed by atoms with Gasteiger partial charge in [0.2, 0.25) is 17.7 Å². The van der Waals surface area contributed by atoms with Crippen molar-refractivity contribution in [3.63, 3.8) is 0 Å². The molecule has 5 aliphatic heterocycles. The average molecular weight is 1020 g/mol. The molecule has 19 heteroatoms. The summed E-state index contributed by atoms with van der Waals surface area (Å²) in [5.41, 5.74) is 8.58. The molecule has 0 saturated carbocycles. The number of aryl methyl sites for hydroxylation is 1. The normalized spacial score (nSPS) is 22.5. The van der Waals surface area contributed by atoms with E-state index in [1.807, 2.05) is 30.3 Å². The first-order valence-corrected chi connectivity index (χ1v) is 26.1. The summed E-state index contributed by atoms with van der Waals surface area (Å²) in [5.74, 6) is -1.08. The first-order valence-electron chi connectivity index (χ1n) is 26.1. The fourth-order valence-corrected chi connectivity index (χ4v) is 12.7. The Morgan fingerprint density at radius 2 is 1.72 bits per heavy atom. The van der Waals surface area contributed by atoms with E-state index in [0.29, 0.717) is 83.9 Å². The molecule has 6 aliphatic rings. The van der Waals surface area contributed by atoms with Gasteiger partial charge in [-0.25, -0.2) is 9.97 Å². The Bertz CT molecular complexity index is 3270. The summed E-state index contributed by atoms with van der Waals surface area (Å²) in [7, 11) is 1.63. The van der Waals surface area contributed by atoms with Crippen molar-refractivity contribution in [2.45, 2.75) is 110 Å². The third-order valence-corrected chi connectivity index (χ3v) is 16.3. The summed E-state index contributed by atoms with van der Waals surface area (Å²) in [6, 6.07) is 15.1. The van der Waals surface area contributed by atoms with E-state index >= 15 is 0 Å². The molecule has 2 aromatic carbocycles. The molecular formula is C56H64N12O7. The number of aliphatic hydroxyl groups is 1. The lowest BCUT2D eigenvalue weighted by Gasteiger charge is -2.48.